The first-order valence-corrected chi connectivity index (χ1v) is 9.20. The Bertz CT molecular complexity index is 1000. The van der Waals surface area contributed by atoms with E-state index in [2.05, 4.69) is 9.97 Å². The van der Waals surface area contributed by atoms with Crippen LogP contribution in [0.25, 0.3) is 0 Å². The van der Waals surface area contributed by atoms with E-state index in [1.165, 1.54) is 16.2 Å². The molecule has 1 aliphatic heterocycles. The number of nitrogens with zero attached hydrogens (tertiary/aromatic N) is 2. The molecule has 1 unspecified atom stereocenters. The molecule has 134 valence electrons. The molecule has 27 heavy (non-hydrogen) atoms. The van der Waals surface area contributed by atoms with Gasteiger partial charge in [0, 0.05) is 29.6 Å². The van der Waals surface area contributed by atoms with Crippen LogP contribution in [0.5, 0.6) is 0 Å². The van der Waals surface area contributed by atoms with Crippen molar-refractivity contribution < 1.29 is 19.7 Å². The molecule has 4 rings (SSSR count). The molecule has 0 spiro atoms. The molecule has 0 saturated heterocycles. The number of Topliss-reactive ketones (excluding diaryl/α,β-unsaturated/α-hetero) is 1. The van der Waals surface area contributed by atoms with Crippen molar-refractivity contribution in [2.45, 2.75) is 12.6 Å². The molecule has 4 heterocycles. The van der Waals surface area contributed by atoms with Crippen molar-refractivity contribution in [1.82, 2.24) is 9.88 Å². The molecular formula is C20H15N3O3S. The van der Waals surface area contributed by atoms with Crippen LogP contribution in [0.4, 0.5) is 0 Å². The second-order valence-electron chi connectivity index (χ2n) is 6.08. The molecule has 0 aliphatic carbocycles. The van der Waals surface area contributed by atoms with Gasteiger partial charge < -0.3 is 10.0 Å². The lowest BCUT2D eigenvalue weighted by Gasteiger charge is -2.27. The molecule has 0 bridgehead atoms. The summed E-state index contributed by atoms with van der Waals surface area (Å²) in [4.78, 5) is 34.6. The number of pyridine rings is 2. The lowest BCUT2D eigenvalue weighted by molar-refractivity contribution is -0.378. The van der Waals surface area contributed by atoms with Crippen LogP contribution in [-0.2, 0) is 11.3 Å². The Balaban J connectivity index is 1.79. The van der Waals surface area contributed by atoms with E-state index in [0.29, 0.717) is 10.4 Å². The van der Waals surface area contributed by atoms with Crippen molar-refractivity contribution in [2.24, 2.45) is 0 Å². The number of carbonyl (C=O) groups is 2. The topological polar surface area (TPSA) is 87.5 Å². The van der Waals surface area contributed by atoms with Crippen LogP contribution in [-0.4, -0.2) is 21.6 Å². The molecule has 1 aliphatic rings. The van der Waals surface area contributed by atoms with Gasteiger partial charge in [0.15, 0.2) is 12.4 Å². The molecule has 1 N–H and O–H groups in total. The lowest BCUT2D eigenvalue weighted by atomic mass is 9.96. The van der Waals surface area contributed by atoms with Gasteiger partial charge in [-0.25, -0.2) is 4.98 Å². The normalized spacial score (nSPS) is 16.8. The molecule has 1 amide bonds. The maximum atomic E-state index is 13.0. The van der Waals surface area contributed by atoms with Gasteiger partial charge in [-0.1, -0.05) is 6.07 Å². The summed E-state index contributed by atoms with van der Waals surface area (Å²) < 4.78 is 0. The number of carbonyl (C=O) groups excluding carboxylic acids is 2. The quantitative estimate of drug-likeness (QED) is 0.631. The van der Waals surface area contributed by atoms with Crippen LogP contribution in [0, 0.1) is 0 Å². The van der Waals surface area contributed by atoms with Crippen LogP contribution in [0.1, 0.15) is 26.8 Å². The minimum Gasteiger partial charge on any atom is -0.868 e. The Labute approximate surface area is 159 Å². The van der Waals surface area contributed by atoms with Gasteiger partial charge in [0.05, 0.1) is 17.5 Å². The first-order valence-electron chi connectivity index (χ1n) is 8.32. The first kappa shape index (κ1) is 17.1. The third-order valence-electron chi connectivity index (χ3n) is 4.42. The smallest absolute Gasteiger partial charge is 0.240 e. The average molecular weight is 377 g/mol. The Hall–Kier alpha value is -3.32. The highest BCUT2D eigenvalue weighted by Gasteiger charge is 2.39. The molecule has 3 aromatic rings. The first-order chi connectivity index (χ1) is 13.2. The standard InChI is InChI=1S/C20H15N3O3S/c24-18(15-4-2-10-27-15)16-17(14-5-8-21-9-6-14)23(20(26)19(16)25)12-13-3-1-7-22-11-13/h1-11,17,25H,12H2. The molecule has 0 radical (unpaired) electrons. The fourth-order valence-electron chi connectivity index (χ4n) is 3.19. The number of H-pyrrole nitrogens is 1. The Morgan fingerprint density at radius 2 is 2.04 bits per heavy atom. The molecule has 7 heteroatoms. The Kier molecular flexibility index (Phi) is 4.52. The van der Waals surface area contributed by atoms with E-state index in [1.807, 2.05) is 12.1 Å². The van der Waals surface area contributed by atoms with Crippen LogP contribution in [0.2, 0.25) is 0 Å². The SMILES string of the molecule is O=C(C1=C([O-])C(=O)N(Cc2ccc[nH+]c2)C1c1ccncc1)c1cccs1. The fraction of sp³-hybridized carbons (Fsp3) is 0.100. The maximum Gasteiger partial charge on any atom is 0.240 e. The van der Waals surface area contributed by atoms with Crippen LogP contribution in [0.15, 0.2) is 77.9 Å². The van der Waals surface area contributed by atoms with Crippen molar-refractivity contribution in [1.29, 1.82) is 0 Å². The molecule has 3 aromatic heterocycles. The van der Waals surface area contributed by atoms with Gasteiger partial charge in [-0.3, -0.25) is 14.6 Å². The van der Waals surface area contributed by atoms with Crippen LogP contribution < -0.4 is 10.1 Å². The summed E-state index contributed by atoms with van der Waals surface area (Å²) in [5, 5.41) is 14.5. The van der Waals surface area contributed by atoms with Gasteiger partial charge in [0.25, 0.3) is 0 Å². The second kappa shape index (κ2) is 7.13. The van der Waals surface area contributed by atoms with Gasteiger partial charge >= 0.3 is 0 Å². The molecule has 0 saturated carbocycles. The van der Waals surface area contributed by atoms with Crippen molar-refractivity contribution in [2.75, 3.05) is 0 Å². The van der Waals surface area contributed by atoms with Crippen molar-refractivity contribution in [3.05, 3.63) is 93.9 Å². The van der Waals surface area contributed by atoms with E-state index < -0.39 is 23.5 Å². The van der Waals surface area contributed by atoms with E-state index in [1.54, 1.807) is 54.4 Å². The summed E-state index contributed by atoms with van der Waals surface area (Å²) in [5.74, 6) is -1.80. The van der Waals surface area contributed by atoms with Crippen LogP contribution >= 0.6 is 11.3 Å². The second-order valence-corrected chi connectivity index (χ2v) is 7.02. The molecule has 0 aromatic carbocycles. The van der Waals surface area contributed by atoms with E-state index in [0.717, 1.165) is 5.56 Å². The molecule has 1 atom stereocenters. The zero-order valence-electron chi connectivity index (χ0n) is 14.2. The minimum absolute atomic E-state index is 0.00596. The highest BCUT2D eigenvalue weighted by atomic mass is 32.1. The van der Waals surface area contributed by atoms with Gasteiger partial charge in [-0.05, 0) is 41.0 Å². The summed E-state index contributed by atoms with van der Waals surface area (Å²) in [6, 6.07) is 9.81. The summed E-state index contributed by atoms with van der Waals surface area (Å²) in [7, 11) is 0. The average Bonchev–Trinajstić information content (AvgIpc) is 3.32. The van der Waals surface area contributed by atoms with E-state index >= 15 is 0 Å². The largest absolute Gasteiger partial charge is 0.868 e. The molecule has 0 fully saturated rings. The van der Waals surface area contributed by atoms with Crippen molar-refractivity contribution >= 4 is 23.0 Å². The van der Waals surface area contributed by atoms with Gasteiger partial charge in [-0.15, -0.1) is 11.3 Å². The summed E-state index contributed by atoms with van der Waals surface area (Å²) in [6.07, 6.45) is 6.70. The number of amides is 1. The van der Waals surface area contributed by atoms with E-state index in [4.69, 9.17) is 0 Å². The number of aromatic amines is 1. The number of rotatable bonds is 5. The van der Waals surface area contributed by atoms with Gasteiger partial charge in [0.1, 0.15) is 0 Å². The Morgan fingerprint density at radius 3 is 2.70 bits per heavy atom. The number of thiophene rings is 1. The van der Waals surface area contributed by atoms with Crippen molar-refractivity contribution in [3.63, 3.8) is 0 Å². The third-order valence-corrected chi connectivity index (χ3v) is 5.29. The monoisotopic (exact) mass is 377 g/mol. The predicted octanol–water partition coefficient (Wildman–Crippen LogP) is 1.54. The molecule has 6 nitrogen and oxygen atoms in total. The number of hydrogen-bond acceptors (Lipinski definition) is 5. The maximum absolute atomic E-state index is 13.0. The number of hydrogen-bond donors (Lipinski definition) is 0. The summed E-state index contributed by atoms with van der Waals surface area (Å²) >= 11 is 1.25. The number of ketones is 1. The minimum atomic E-state index is -0.741. The zero-order chi connectivity index (χ0) is 18.8. The van der Waals surface area contributed by atoms with Crippen LogP contribution in [0.3, 0.4) is 0 Å². The lowest BCUT2D eigenvalue weighted by Crippen LogP contribution is -2.32. The highest BCUT2D eigenvalue weighted by Crippen LogP contribution is 2.39. The van der Waals surface area contributed by atoms with E-state index in [-0.39, 0.29) is 12.1 Å². The fourth-order valence-corrected chi connectivity index (χ4v) is 3.87. The third kappa shape index (κ3) is 3.13. The molecular weight excluding hydrogens is 362 g/mol. The van der Waals surface area contributed by atoms with E-state index in [9.17, 15) is 14.7 Å². The van der Waals surface area contributed by atoms with Gasteiger partial charge in [-0.2, -0.15) is 0 Å². The summed E-state index contributed by atoms with van der Waals surface area (Å²) in [5.41, 5.74) is 1.51. The predicted molar refractivity (Wildman–Crippen MR) is 96.2 cm³/mol. The number of nitrogens with one attached hydrogen (secondary N) is 1. The number of aromatic nitrogens is 2. The van der Waals surface area contributed by atoms with Crippen molar-refractivity contribution in [3.8, 4) is 0 Å². The Morgan fingerprint density at radius 1 is 1.22 bits per heavy atom. The summed E-state index contributed by atoms with van der Waals surface area (Å²) in [6.45, 7) is 0.218. The zero-order valence-corrected chi connectivity index (χ0v) is 15.0. The van der Waals surface area contributed by atoms with Gasteiger partial charge in [0.2, 0.25) is 11.7 Å². The highest BCUT2D eigenvalue weighted by molar-refractivity contribution is 7.12.